The number of nitrogens with zero attached hydrogens (tertiary/aromatic N) is 2. The number of anilines is 4. The molecule has 4 aromatic rings. The number of aromatic amines is 1. The summed E-state index contributed by atoms with van der Waals surface area (Å²) in [6.07, 6.45) is 3.43. The maximum atomic E-state index is 15.0. The van der Waals surface area contributed by atoms with Gasteiger partial charge in [-0.25, -0.2) is 4.39 Å². The van der Waals surface area contributed by atoms with Crippen LogP contribution in [0.25, 0.3) is 11.0 Å². The summed E-state index contributed by atoms with van der Waals surface area (Å²) in [6, 6.07) is 13.6. The number of amides is 1. The van der Waals surface area contributed by atoms with Crippen LogP contribution in [0.3, 0.4) is 0 Å². The summed E-state index contributed by atoms with van der Waals surface area (Å²) in [7, 11) is -2.55. The minimum absolute atomic E-state index is 0.0842. The third-order valence-electron chi connectivity index (χ3n) is 6.31. The smallest absolute Gasteiger partial charge is 0.251 e. The van der Waals surface area contributed by atoms with E-state index in [0.29, 0.717) is 22.5 Å². The first-order valence-electron chi connectivity index (χ1n) is 12.1. The number of piperidine rings is 1. The third kappa shape index (κ3) is 5.65. The van der Waals surface area contributed by atoms with Gasteiger partial charge in [-0.3, -0.25) is 4.79 Å². The highest BCUT2D eigenvalue weighted by Gasteiger charge is 2.19. The van der Waals surface area contributed by atoms with E-state index in [1.54, 1.807) is 25.6 Å². The fourth-order valence-corrected chi connectivity index (χ4v) is 5.54. The average Bonchev–Trinajstić information content (AvgIpc) is 3.35. The van der Waals surface area contributed by atoms with Crippen LogP contribution in [0.15, 0.2) is 54.7 Å². The number of hydrogen-bond acceptors (Lipinski definition) is 7. The second-order valence-corrected chi connectivity index (χ2v) is 12.6. The third-order valence-corrected chi connectivity index (χ3v) is 7.86. The molecule has 1 fully saturated rings. The van der Waals surface area contributed by atoms with E-state index in [1.807, 2.05) is 30.3 Å². The number of aromatic nitrogens is 3. The Morgan fingerprint density at radius 1 is 1.03 bits per heavy atom. The van der Waals surface area contributed by atoms with E-state index in [0.717, 1.165) is 31.3 Å². The Kier molecular flexibility index (Phi) is 6.95. The summed E-state index contributed by atoms with van der Waals surface area (Å²) in [5.41, 5.74) is 1.62. The molecule has 0 saturated carbocycles. The molecule has 3 heterocycles. The first kappa shape index (κ1) is 24.9. The molecule has 9 nitrogen and oxygen atoms in total. The lowest BCUT2D eigenvalue weighted by molar-refractivity contribution is 0.0929. The Morgan fingerprint density at radius 3 is 2.57 bits per heavy atom. The number of para-hydroxylation sites is 1. The largest absolute Gasteiger partial charge is 0.349 e. The van der Waals surface area contributed by atoms with Crippen LogP contribution >= 0.6 is 7.14 Å². The van der Waals surface area contributed by atoms with E-state index in [-0.39, 0.29) is 29.1 Å². The monoisotopic (exact) mass is 521 g/mol. The SMILES string of the molecule is CP(C)(=O)c1ccccc1Nc1nc(Nc2ccc(C(=O)NC3CCNCC3)cc2F)nc2[nH]ccc12. The minimum Gasteiger partial charge on any atom is -0.349 e. The molecule has 1 aliphatic rings. The fraction of sp³-hybridized carbons (Fsp3) is 0.269. The van der Waals surface area contributed by atoms with Crippen LogP contribution in [0.1, 0.15) is 23.2 Å². The van der Waals surface area contributed by atoms with Gasteiger partial charge in [-0.2, -0.15) is 9.97 Å². The number of carbonyl (C=O) groups excluding carboxylic acids is 1. The van der Waals surface area contributed by atoms with Crippen molar-refractivity contribution in [2.75, 3.05) is 37.1 Å². The zero-order valence-corrected chi connectivity index (χ0v) is 21.5. The van der Waals surface area contributed by atoms with Gasteiger partial charge in [0.1, 0.15) is 24.4 Å². The lowest BCUT2D eigenvalue weighted by atomic mass is 10.1. The molecule has 11 heteroatoms. The summed E-state index contributed by atoms with van der Waals surface area (Å²) >= 11 is 0. The minimum atomic E-state index is -2.55. The van der Waals surface area contributed by atoms with Gasteiger partial charge in [0, 0.05) is 23.1 Å². The van der Waals surface area contributed by atoms with Crippen LogP contribution in [0.2, 0.25) is 0 Å². The number of rotatable bonds is 7. The van der Waals surface area contributed by atoms with Crippen LogP contribution in [0, 0.1) is 5.82 Å². The van der Waals surface area contributed by atoms with Crippen molar-refractivity contribution in [3.05, 3.63) is 66.1 Å². The topological polar surface area (TPSA) is 124 Å². The zero-order chi connectivity index (χ0) is 26.0. The molecule has 0 bridgehead atoms. The van der Waals surface area contributed by atoms with Crippen molar-refractivity contribution in [2.24, 2.45) is 0 Å². The lowest BCUT2D eigenvalue weighted by Crippen LogP contribution is -2.42. The molecule has 0 atom stereocenters. The van der Waals surface area contributed by atoms with Gasteiger partial charge in [0.2, 0.25) is 5.95 Å². The second kappa shape index (κ2) is 10.3. The molecule has 5 rings (SSSR count). The van der Waals surface area contributed by atoms with Crippen molar-refractivity contribution in [1.29, 1.82) is 0 Å². The molecule has 192 valence electrons. The zero-order valence-electron chi connectivity index (χ0n) is 20.6. The summed E-state index contributed by atoms with van der Waals surface area (Å²) in [5, 5.41) is 13.9. The highest BCUT2D eigenvalue weighted by Crippen LogP contribution is 2.38. The normalized spacial score (nSPS) is 14.5. The summed E-state index contributed by atoms with van der Waals surface area (Å²) in [5.74, 6) is -0.244. The van der Waals surface area contributed by atoms with Crippen molar-refractivity contribution >= 4 is 52.5 Å². The Hall–Kier alpha value is -3.75. The Morgan fingerprint density at radius 2 is 1.81 bits per heavy atom. The molecule has 0 aliphatic carbocycles. The number of hydrogen-bond donors (Lipinski definition) is 5. The van der Waals surface area contributed by atoms with Gasteiger partial charge in [0.05, 0.1) is 16.8 Å². The van der Waals surface area contributed by atoms with E-state index < -0.39 is 13.0 Å². The maximum absolute atomic E-state index is 15.0. The van der Waals surface area contributed by atoms with Crippen LogP contribution < -0.4 is 26.6 Å². The average molecular weight is 522 g/mol. The predicted octanol–water partition coefficient (Wildman–Crippen LogP) is 4.31. The van der Waals surface area contributed by atoms with Crippen molar-refractivity contribution < 1.29 is 13.8 Å². The van der Waals surface area contributed by atoms with Gasteiger partial charge in [-0.05, 0) is 75.7 Å². The van der Waals surface area contributed by atoms with Crippen molar-refractivity contribution in [2.45, 2.75) is 18.9 Å². The Bertz CT molecular complexity index is 1490. The van der Waals surface area contributed by atoms with Gasteiger partial charge >= 0.3 is 0 Å². The molecule has 1 amide bonds. The molecule has 0 radical (unpaired) electrons. The highest BCUT2D eigenvalue weighted by atomic mass is 31.2. The molecule has 1 saturated heterocycles. The number of carbonyl (C=O) groups is 1. The molecule has 2 aromatic carbocycles. The number of fused-ring (bicyclic) bond motifs is 1. The first-order chi connectivity index (χ1) is 17.8. The highest BCUT2D eigenvalue weighted by molar-refractivity contribution is 7.70. The van der Waals surface area contributed by atoms with Crippen LogP contribution in [-0.4, -0.2) is 53.3 Å². The molecule has 2 aromatic heterocycles. The Labute approximate surface area is 214 Å². The number of benzene rings is 2. The lowest BCUT2D eigenvalue weighted by Gasteiger charge is -2.23. The molecule has 37 heavy (non-hydrogen) atoms. The molecular formula is C26H29FN7O2P. The summed E-state index contributed by atoms with van der Waals surface area (Å²) in [4.78, 5) is 24.7. The van der Waals surface area contributed by atoms with Crippen LogP contribution in [0.4, 0.5) is 27.5 Å². The van der Waals surface area contributed by atoms with Crippen LogP contribution in [0.5, 0.6) is 0 Å². The predicted molar refractivity (Wildman–Crippen MR) is 146 cm³/mol. The standard InChI is InChI=1S/C26H29FN7O2P/c1-37(2,36)22-6-4-3-5-21(22)31-24-18-11-14-29-23(18)33-26(34-24)32-20-8-7-16(15-19(20)27)25(35)30-17-9-12-28-13-10-17/h3-8,11,14-15,17,28H,9-10,12-13H2,1-2H3,(H,30,35)(H3,29,31,32,33,34). The molecule has 1 aliphatic heterocycles. The second-order valence-electron chi connectivity index (χ2n) is 9.45. The quantitative estimate of drug-likeness (QED) is 0.230. The molecular weight excluding hydrogens is 492 g/mol. The van der Waals surface area contributed by atoms with Crippen molar-refractivity contribution in [3.63, 3.8) is 0 Å². The number of halogens is 1. The van der Waals surface area contributed by atoms with Gasteiger partial charge in [-0.1, -0.05) is 12.1 Å². The fourth-order valence-electron chi connectivity index (χ4n) is 4.38. The summed E-state index contributed by atoms with van der Waals surface area (Å²) < 4.78 is 27.8. The van der Waals surface area contributed by atoms with E-state index in [1.165, 1.54) is 12.1 Å². The molecule has 5 N–H and O–H groups in total. The van der Waals surface area contributed by atoms with Crippen molar-refractivity contribution in [3.8, 4) is 0 Å². The van der Waals surface area contributed by atoms with Crippen molar-refractivity contribution in [1.82, 2.24) is 25.6 Å². The van der Waals surface area contributed by atoms with Crippen LogP contribution in [-0.2, 0) is 4.57 Å². The summed E-state index contributed by atoms with van der Waals surface area (Å²) in [6.45, 7) is 5.13. The number of H-pyrrole nitrogens is 1. The van der Waals surface area contributed by atoms with E-state index in [4.69, 9.17) is 0 Å². The van der Waals surface area contributed by atoms with Gasteiger partial charge in [-0.15, -0.1) is 0 Å². The number of nitrogens with one attached hydrogen (secondary N) is 5. The maximum Gasteiger partial charge on any atom is 0.251 e. The first-order valence-corrected chi connectivity index (χ1v) is 14.7. The van der Waals surface area contributed by atoms with Gasteiger partial charge < -0.3 is 30.8 Å². The Balaban J connectivity index is 1.39. The van der Waals surface area contributed by atoms with E-state index in [2.05, 4.69) is 36.2 Å². The molecule has 0 unspecified atom stereocenters. The van der Waals surface area contributed by atoms with E-state index in [9.17, 15) is 13.8 Å². The van der Waals surface area contributed by atoms with Gasteiger partial charge in [0.15, 0.2) is 0 Å². The van der Waals surface area contributed by atoms with E-state index >= 15 is 0 Å². The molecule has 0 spiro atoms. The van der Waals surface area contributed by atoms with Gasteiger partial charge in [0.25, 0.3) is 5.91 Å².